The van der Waals surface area contributed by atoms with Crippen molar-refractivity contribution in [2.75, 3.05) is 26.7 Å². The number of piperidine rings is 1. The number of ether oxygens (including phenoxy) is 1. The maximum Gasteiger partial charge on any atom is 0.326 e. The van der Waals surface area contributed by atoms with Crippen LogP contribution in [0, 0.1) is 5.92 Å². The van der Waals surface area contributed by atoms with Crippen LogP contribution in [0.2, 0.25) is 0 Å². The van der Waals surface area contributed by atoms with Crippen molar-refractivity contribution in [3.63, 3.8) is 0 Å². The lowest BCUT2D eigenvalue weighted by Gasteiger charge is -2.33. The van der Waals surface area contributed by atoms with Crippen LogP contribution in [0.4, 0.5) is 0 Å². The number of H-pyrrole nitrogens is 1. The largest absolute Gasteiger partial charge is 0.493 e. The number of hydrogen-bond donors (Lipinski definition) is 1. The summed E-state index contributed by atoms with van der Waals surface area (Å²) in [6.07, 6.45) is 8.42. The summed E-state index contributed by atoms with van der Waals surface area (Å²) in [6, 6.07) is 6.55. The van der Waals surface area contributed by atoms with Gasteiger partial charge in [0.25, 0.3) is 0 Å². The van der Waals surface area contributed by atoms with Crippen molar-refractivity contribution in [3.05, 3.63) is 46.8 Å². The molecule has 1 saturated carbocycles. The number of aromatic nitrogens is 5. The smallest absolute Gasteiger partial charge is 0.326 e. The first kappa shape index (κ1) is 21.4. The molecule has 2 aliphatic rings. The third-order valence-corrected chi connectivity index (χ3v) is 7.44. The topological polar surface area (TPSA) is 80.5 Å². The van der Waals surface area contributed by atoms with E-state index in [2.05, 4.69) is 45.9 Å². The Morgan fingerprint density at radius 2 is 2.06 bits per heavy atom. The summed E-state index contributed by atoms with van der Waals surface area (Å²) >= 11 is 0. The van der Waals surface area contributed by atoms with Gasteiger partial charge in [-0.05, 0) is 73.4 Å². The lowest BCUT2D eigenvalue weighted by atomic mass is 9.92. The first-order chi connectivity index (χ1) is 16.5. The van der Waals surface area contributed by atoms with E-state index in [1.165, 1.54) is 31.3 Å². The van der Waals surface area contributed by atoms with Crippen molar-refractivity contribution in [2.45, 2.75) is 51.5 Å². The van der Waals surface area contributed by atoms with Crippen LogP contribution in [-0.4, -0.2) is 55.8 Å². The van der Waals surface area contributed by atoms with Crippen LogP contribution in [0.15, 0.2) is 35.5 Å². The van der Waals surface area contributed by atoms with E-state index < -0.39 is 0 Å². The molecule has 0 amide bonds. The molecule has 1 saturated heterocycles. The van der Waals surface area contributed by atoms with Crippen molar-refractivity contribution in [1.29, 1.82) is 0 Å². The Hall–Kier alpha value is -3.13. The summed E-state index contributed by atoms with van der Waals surface area (Å²) in [7, 11) is 1.65. The van der Waals surface area contributed by atoms with Crippen LogP contribution in [0.3, 0.4) is 0 Å². The summed E-state index contributed by atoms with van der Waals surface area (Å²) in [6.45, 7) is 7.69. The molecule has 0 spiro atoms. The van der Waals surface area contributed by atoms with Crippen molar-refractivity contribution in [2.24, 2.45) is 5.92 Å². The van der Waals surface area contributed by atoms with Crippen LogP contribution < -0.4 is 10.4 Å². The van der Waals surface area contributed by atoms with Gasteiger partial charge in [-0.1, -0.05) is 13.8 Å². The molecule has 178 valence electrons. The number of nitrogens with zero attached hydrogens (tertiary/aromatic N) is 5. The number of pyridine rings is 1. The first-order valence-electron chi connectivity index (χ1n) is 12.4. The molecule has 4 heterocycles. The minimum atomic E-state index is -0.00978. The molecule has 3 aromatic heterocycles. The zero-order valence-corrected chi connectivity index (χ0v) is 20.1. The second kappa shape index (κ2) is 8.27. The number of methoxy groups -OCH3 is 1. The Labute approximate surface area is 198 Å². The predicted octanol–water partition coefficient (Wildman–Crippen LogP) is 4.22. The molecule has 6 rings (SSSR count). The highest BCUT2D eigenvalue weighted by Gasteiger charge is 2.29. The molecule has 0 radical (unpaired) electrons. The van der Waals surface area contributed by atoms with Gasteiger partial charge >= 0.3 is 5.69 Å². The Balaban J connectivity index is 1.45. The van der Waals surface area contributed by atoms with E-state index in [0.717, 1.165) is 54.0 Å². The van der Waals surface area contributed by atoms with E-state index in [1.54, 1.807) is 11.6 Å². The van der Waals surface area contributed by atoms with Gasteiger partial charge < -0.3 is 14.6 Å². The highest BCUT2D eigenvalue weighted by molar-refractivity contribution is 5.85. The van der Waals surface area contributed by atoms with E-state index in [1.807, 2.05) is 16.8 Å². The fourth-order valence-corrected chi connectivity index (χ4v) is 5.55. The number of fused-ring (bicyclic) bond motifs is 2. The van der Waals surface area contributed by atoms with E-state index in [0.29, 0.717) is 11.4 Å². The molecule has 34 heavy (non-hydrogen) atoms. The normalized spacial score (nSPS) is 19.5. The number of hydrogen-bond acceptors (Lipinski definition) is 5. The van der Waals surface area contributed by atoms with Gasteiger partial charge in [-0.25, -0.2) is 14.3 Å². The molecule has 1 aromatic carbocycles. The molecule has 2 fully saturated rings. The highest BCUT2D eigenvalue weighted by Crippen LogP contribution is 2.36. The number of aromatic amines is 1. The maximum atomic E-state index is 13.2. The van der Waals surface area contributed by atoms with Crippen molar-refractivity contribution in [1.82, 2.24) is 29.0 Å². The van der Waals surface area contributed by atoms with Gasteiger partial charge in [-0.2, -0.15) is 5.10 Å². The van der Waals surface area contributed by atoms with Crippen molar-refractivity contribution in [3.8, 4) is 16.9 Å². The van der Waals surface area contributed by atoms with Crippen LogP contribution in [0.1, 0.15) is 57.1 Å². The molecular weight excluding hydrogens is 428 g/mol. The minimum Gasteiger partial charge on any atom is -0.493 e. The fourth-order valence-electron chi connectivity index (χ4n) is 5.55. The van der Waals surface area contributed by atoms with Gasteiger partial charge in [0, 0.05) is 24.8 Å². The van der Waals surface area contributed by atoms with Crippen LogP contribution >= 0.6 is 0 Å². The van der Waals surface area contributed by atoms with Gasteiger partial charge in [0.1, 0.15) is 6.33 Å². The van der Waals surface area contributed by atoms with Crippen LogP contribution in [0.5, 0.6) is 5.75 Å². The molecule has 1 aliphatic carbocycles. The van der Waals surface area contributed by atoms with Gasteiger partial charge in [0.05, 0.1) is 24.2 Å². The maximum absolute atomic E-state index is 13.2. The quantitative estimate of drug-likeness (QED) is 0.466. The fraction of sp³-hybridized carbons (Fsp3) is 0.500. The second-order valence-electron chi connectivity index (χ2n) is 10.2. The van der Waals surface area contributed by atoms with Crippen molar-refractivity contribution >= 4 is 16.7 Å². The molecule has 0 unspecified atom stereocenters. The summed E-state index contributed by atoms with van der Waals surface area (Å²) in [5, 5.41) is 4.32. The number of nitrogens with one attached hydrogen (secondary N) is 1. The number of imidazole rings is 1. The lowest BCUT2D eigenvalue weighted by Crippen LogP contribution is -2.40. The molecule has 8 heteroatoms. The Kier molecular flexibility index (Phi) is 5.21. The van der Waals surface area contributed by atoms with E-state index in [-0.39, 0.29) is 17.6 Å². The van der Waals surface area contributed by atoms with E-state index in [4.69, 9.17) is 4.74 Å². The van der Waals surface area contributed by atoms with Gasteiger partial charge in [0.15, 0.2) is 11.4 Å². The monoisotopic (exact) mass is 460 g/mol. The second-order valence-corrected chi connectivity index (χ2v) is 10.2. The third kappa shape index (κ3) is 3.70. The van der Waals surface area contributed by atoms with Crippen molar-refractivity contribution < 1.29 is 4.74 Å². The number of rotatable bonds is 6. The Morgan fingerprint density at radius 3 is 2.82 bits per heavy atom. The highest BCUT2D eigenvalue weighted by atomic mass is 16.5. The summed E-state index contributed by atoms with van der Waals surface area (Å²) in [5.74, 6) is 1.83. The standard InChI is InChI=1S/C26H32N6O2/c1-16(2)20-11-23-22(10-21(20)18-9-24(34-3)25-27-15-28-31(25)13-18)29-26(33)32(23)19-5-4-8-30(14-19)12-17-6-7-17/h9-11,13,15-17,19H,4-8,12,14H2,1-3H3,(H,29,33)/t19-/m1/s1. The number of likely N-dealkylation sites (tertiary alicyclic amines) is 1. The Bertz CT molecular complexity index is 1410. The van der Waals surface area contributed by atoms with E-state index in [9.17, 15) is 4.79 Å². The molecule has 1 N–H and O–H groups in total. The van der Waals surface area contributed by atoms with Crippen LogP contribution in [-0.2, 0) is 0 Å². The average Bonchev–Trinajstić information content (AvgIpc) is 3.39. The minimum absolute atomic E-state index is 0.00978. The van der Waals surface area contributed by atoms with Gasteiger partial charge in [0.2, 0.25) is 0 Å². The van der Waals surface area contributed by atoms with Gasteiger partial charge in [-0.3, -0.25) is 4.57 Å². The lowest BCUT2D eigenvalue weighted by molar-refractivity contribution is 0.171. The molecule has 8 nitrogen and oxygen atoms in total. The predicted molar refractivity (Wildman–Crippen MR) is 133 cm³/mol. The zero-order valence-electron chi connectivity index (χ0n) is 20.1. The molecule has 0 bridgehead atoms. The molecule has 4 aromatic rings. The van der Waals surface area contributed by atoms with Gasteiger partial charge in [-0.15, -0.1) is 0 Å². The molecular formula is C26H32N6O2. The number of benzene rings is 1. The SMILES string of the molecule is COc1cc(-c2cc3[nH]c(=O)n([C@@H]4CCCN(CC5CC5)C4)c3cc2C(C)C)cn2ncnc12. The molecule has 1 atom stereocenters. The summed E-state index contributed by atoms with van der Waals surface area (Å²) in [5.41, 5.74) is 5.82. The zero-order chi connectivity index (χ0) is 23.4. The van der Waals surface area contributed by atoms with Crippen LogP contribution in [0.25, 0.3) is 27.8 Å². The summed E-state index contributed by atoms with van der Waals surface area (Å²) in [4.78, 5) is 23.2. The average molecular weight is 461 g/mol. The Morgan fingerprint density at radius 1 is 1.21 bits per heavy atom. The summed E-state index contributed by atoms with van der Waals surface area (Å²) < 4.78 is 9.35. The third-order valence-electron chi connectivity index (χ3n) is 7.44. The first-order valence-corrected chi connectivity index (χ1v) is 12.4. The molecule has 1 aliphatic heterocycles. The van der Waals surface area contributed by atoms with E-state index >= 15 is 0 Å².